The van der Waals surface area contributed by atoms with Crippen molar-refractivity contribution in [2.75, 3.05) is 16.6 Å². The first-order valence-corrected chi connectivity index (χ1v) is 7.67. The van der Waals surface area contributed by atoms with E-state index in [0.717, 1.165) is 0 Å². The highest BCUT2D eigenvalue weighted by Gasteiger charge is 2.26. The monoisotopic (exact) mass is 302 g/mol. The molecule has 108 valence electrons. The topological polar surface area (TPSA) is 100 Å². The van der Waals surface area contributed by atoms with Gasteiger partial charge in [0.1, 0.15) is 11.0 Å². The average Bonchev–Trinajstić information content (AvgIpc) is 2.48. The molecule has 2 rings (SSSR count). The molecule has 2 N–H and O–H groups in total. The van der Waals surface area contributed by atoms with E-state index in [2.05, 4.69) is 4.98 Å². The zero-order chi connectivity index (χ0) is 15.5. The maximum Gasteiger partial charge on any atom is 0.265 e. The molecule has 0 aliphatic heterocycles. The summed E-state index contributed by atoms with van der Waals surface area (Å²) in [5, 5.41) is 9.13. The summed E-state index contributed by atoms with van der Waals surface area (Å²) in [6, 6.07) is 9.25. The standard InChI is InChI=1S/C14H14N4O2S/c1-2-18(13-5-7-17-8-6-13)21(19,20)14-4-3-12(16)9-11(14)10-15/h3-9H,2,16H2,1H3. The minimum Gasteiger partial charge on any atom is -0.399 e. The van der Waals surface area contributed by atoms with Crippen molar-refractivity contribution in [2.24, 2.45) is 0 Å². The first-order valence-electron chi connectivity index (χ1n) is 6.23. The molecular weight excluding hydrogens is 288 g/mol. The smallest absolute Gasteiger partial charge is 0.265 e. The minimum absolute atomic E-state index is 0.0301. The minimum atomic E-state index is -3.84. The molecule has 0 saturated carbocycles. The second-order valence-corrected chi connectivity index (χ2v) is 6.07. The van der Waals surface area contributed by atoms with Crippen molar-refractivity contribution in [2.45, 2.75) is 11.8 Å². The van der Waals surface area contributed by atoms with Crippen LogP contribution >= 0.6 is 0 Å². The molecule has 21 heavy (non-hydrogen) atoms. The molecule has 0 radical (unpaired) electrons. The summed E-state index contributed by atoms with van der Waals surface area (Å²) in [4.78, 5) is 3.81. The molecule has 1 aromatic carbocycles. The van der Waals surface area contributed by atoms with Crippen LogP contribution in [0.1, 0.15) is 12.5 Å². The Hall–Kier alpha value is -2.59. The second kappa shape index (κ2) is 5.81. The van der Waals surface area contributed by atoms with E-state index in [1.807, 2.05) is 6.07 Å². The van der Waals surface area contributed by atoms with Crippen LogP contribution in [0.3, 0.4) is 0 Å². The lowest BCUT2D eigenvalue weighted by Crippen LogP contribution is -2.31. The molecule has 7 heteroatoms. The maximum absolute atomic E-state index is 12.8. The summed E-state index contributed by atoms with van der Waals surface area (Å²) in [6.45, 7) is 1.96. The van der Waals surface area contributed by atoms with Gasteiger partial charge < -0.3 is 5.73 Å². The van der Waals surface area contributed by atoms with Crippen LogP contribution in [0.4, 0.5) is 11.4 Å². The Kier molecular flexibility index (Phi) is 4.10. The van der Waals surface area contributed by atoms with Crippen LogP contribution in [0.15, 0.2) is 47.6 Å². The van der Waals surface area contributed by atoms with E-state index in [0.29, 0.717) is 11.4 Å². The predicted octanol–water partition coefficient (Wildman–Crippen LogP) is 1.75. The number of hydrogen-bond donors (Lipinski definition) is 1. The maximum atomic E-state index is 12.8. The van der Waals surface area contributed by atoms with Crippen molar-refractivity contribution >= 4 is 21.4 Å². The molecule has 0 bridgehead atoms. The number of pyridine rings is 1. The van der Waals surface area contributed by atoms with Gasteiger partial charge in [-0.15, -0.1) is 0 Å². The van der Waals surface area contributed by atoms with E-state index in [4.69, 9.17) is 11.0 Å². The molecule has 0 unspecified atom stereocenters. The van der Waals surface area contributed by atoms with Gasteiger partial charge in [-0.3, -0.25) is 9.29 Å². The molecule has 0 saturated heterocycles. The van der Waals surface area contributed by atoms with Crippen LogP contribution in [0.5, 0.6) is 0 Å². The molecule has 1 heterocycles. The highest BCUT2D eigenvalue weighted by atomic mass is 32.2. The summed E-state index contributed by atoms with van der Waals surface area (Å²) < 4.78 is 26.8. The van der Waals surface area contributed by atoms with E-state index in [-0.39, 0.29) is 17.0 Å². The molecule has 0 aliphatic rings. The molecule has 1 aromatic heterocycles. The van der Waals surface area contributed by atoms with E-state index in [9.17, 15) is 8.42 Å². The highest BCUT2D eigenvalue weighted by Crippen LogP contribution is 2.26. The number of nitrogens with zero attached hydrogens (tertiary/aromatic N) is 3. The van der Waals surface area contributed by atoms with Gasteiger partial charge in [-0.2, -0.15) is 5.26 Å². The van der Waals surface area contributed by atoms with Crippen LogP contribution in [0, 0.1) is 11.3 Å². The van der Waals surface area contributed by atoms with Gasteiger partial charge in [0.15, 0.2) is 0 Å². The average molecular weight is 302 g/mol. The molecule has 0 fully saturated rings. The van der Waals surface area contributed by atoms with Gasteiger partial charge in [-0.25, -0.2) is 8.42 Å². The lowest BCUT2D eigenvalue weighted by Gasteiger charge is -2.23. The normalized spacial score (nSPS) is 10.9. The van der Waals surface area contributed by atoms with Gasteiger partial charge in [0.2, 0.25) is 0 Å². The van der Waals surface area contributed by atoms with Gasteiger partial charge in [0, 0.05) is 24.6 Å². The molecule has 0 aliphatic carbocycles. The molecule has 2 aromatic rings. The number of rotatable bonds is 4. The number of aromatic nitrogens is 1. The van der Waals surface area contributed by atoms with E-state index in [1.54, 1.807) is 19.1 Å². The zero-order valence-electron chi connectivity index (χ0n) is 11.4. The highest BCUT2D eigenvalue weighted by molar-refractivity contribution is 7.92. The SMILES string of the molecule is CCN(c1ccncc1)S(=O)(=O)c1ccc(N)cc1C#N. The Bertz CT molecular complexity index is 782. The summed E-state index contributed by atoms with van der Waals surface area (Å²) in [7, 11) is -3.84. The fourth-order valence-electron chi connectivity index (χ4n) is 1.98. The van der Waals surface area contributed by atoms with Crippen LogP contribution in [0.25, 0.3) is 0 Å². The Morgan fingerprint density at radius 2 is 1.95 bits per heavy atom. The van der Waals surface area contributed by atoms with Crippen molar-refractivity contribution in [1.29, 1.82) is 5.26 Å². The number of benzene rings is 1. The zero-order valence-corrected chi connectivity index (χ0v) is 12.2. The fourth-order valence-corrected chi connectivity index (χ4v) is 3.58. The largest absolute Gasteiger partial charge is 0.399 e. The first-order chi connectivity index (χ1) is 10.0. The lowest BCUT2D eigenvalue weighted by atomic mass is 10.2. The summed E-state index contributed by atoms with van der Waals surface area (Å²) >= 11 is 0. The number of nitrogen functional groups attached to an aromatic ring is 1. The first kappa shape index (κ1) is 14.8. The summed E-state index contributed by atoms with van der Waals surface area (Å²) in [6.07, 6.45) is 3.03. The molecule has 0 atom stereocenters. The van der Waals surface area contributed by atoms with Gasteiger partial charge in [-0.05, 0) is 37.3 Å². The van der Waals surface area contributed by atoms with Crippen LogP contribution < -0.4 is 10.0 Å². The van der Waals surface area contributed by atoms with E-state index in [1.165, 1.54) is 34.9 Å². The number of hydrogen-bond acceptors (Lipinski definition) is 5. The predicted molar refractivity (Wildman–Crippen MR) is 80.0 cm³/mol. The summed E-state index contributed by atoms with van der Waals surface area (Å²) in [5.74, 6) is 0. The van der Waals surface area contributed by atoms with Crippen molar-refractivity contribution in [3.05, 3.63) is 48.3 Å². The Morgan fingerprint density at radius 1 is 1.29 bits per heavy atom. The molecule has 0 amide bonds. The molecule has 0 spiro atoms. The van der Waals surface area contributed by atoms with Crippen molar-refractivity contribution < 1.29 is 8.42 Å². The van der Waals surface area contributed by atoms with E-state index < -0.39 is 10.0 Å². The van der Waals surface area contributed by atoms with Gasteiger partial charge in [0.05, 0.1) is 11.3 Å². The Labute approximate surface area is 123 Å². The number of nitriles is 1. The van der Waals surface area contributed by atoms with Crippen LogP contribution in [-0.2, 0) is 10.0 Å². The van der Waals surface area contributed by atoms with Crippen molar-refractivity contribution in [1.82, 2.24) is 4.98 Å². The summed E-state index contributed by atoms with van der Waals surface area (Å²) in [5.41, 5.74) is 6.47. The Morgan fingerprint density at radius 3 is 2.52 bits per heavy atom. The third-order valence-corrected chi connectivity index (χ3v) is 4.89. The fraction of sp³-hybridized carbons (Fsp3) is 0.143. The van der Waals surface area contributed by atoms with Crippen LogP contribution in [-0.4, -0.2) is 19.9 Å². The lowest BCUT2D eigenvalue weighted by molar-refractivity contribution is 0.591. The number of nitrogens with two attached hydrogens (primary N) is 1. The van der Waals surface area contributed by atoms with Crippen molar-refractivity contribution in [3.63, 3.8) is 0 Å². The third-order valence-electron chi connectivity index (χ3n) is 2.93. The van der Waals surface area contributed by atoms with Gasteiger partial charge in [0.25, 0.3) is 10.0 Å². The van der Waals surface area contributed by atoms with E-state index >= 15 is 0 Å². The van der Waals surface area contributed by atoms with Crippen molar-refractivity contribution in [3.8, 4) is 6.07 Å². The quantitative estimate of drug-likeness (QED) is 0.867. The third kappa shape index (κ3) is 2.80. The van der Waals surface area contributed by atoms with Crippen LogP contribution in [0.2, 0.25) is 0 Å². The molecular formula is C14H14N4O2S. The number of sulfonamides is 1. The van der Waals surface area contributed by atoms with Gasteiger partial charge >= 0.3 is 0 Å². The second-order valence-electron chi connectivity index (χ2n) is 4.24. The Balaban J connectivity index is 2.59. The number of anilines is 2. The molecule has 6 nitrogen and oxygen atoms in total. The van der Waals surface area contributed by atoms with Gasteiger partial charge in [-0.1, -0.05) is 0 Å².